The molecule has 3 aromatic rings. The Hall–Kier alpha value is -2.66. The number of likely N-dealkylation sites (N-methyl/N-ethyl adjacent to an activating group) is 1. The molecule has 0 aliphatic carbocycles. The van der Waals surface area contributed by atoms with Crippen LogP contribution in [-0.2, 0) is 11.2 Å². The summed E-state index contributed by atoms with van der Waals surface area (Å²) in [7, 11) is 1.57. The first-order chi connectivity index (χ1) is 11.5. The molecule has 0 radical (unpaired) electrons. The Morgan fingerprint density at radius 3 is 2.75 bits per heavy atom. The van der Waals surface area contributed by atoms with Gasteiger partial charge in [0.05, 0.1) is 12.1 Å². The summed E-state index contributed by atoms with van der Waals surface area (Å²) >= 11 is 6.03. The van der Waals surface area contributed by atoms with Gasteiger partial charge >= 0.3 is 0 Å². The van der Waals surface area contributed by atoms with Gasteiger partial charge in [0.15, 0.2) is 0 Å². The molecule has 2 N–H and O–H groups in total. The third kappa shape index (κ3) is 3.03. The van der Waals surface area contributed by atoms with E-state index in [0.717, 1.165) is 16.5 Å². The van der Waals surface area contributed by atoms with Crippen LogP contribution >= 0.6 is 11.6 Å². The molecule has 24 heavy (non-hydrogen) atoms. The number of halogens is 1. The molecule has 0 fully saturated rings. The summed E-state index contributed by atoms with van der Waals surface area (Å²) in [6.45, 7) is 1.90. The van der Waals surface area contributed by atoms with Crippen molar-refractivity contribution in [1.29, 1.82) is 0 Å². The number of rotatable bonds is 4. The third-order valence-electron chi connectivity index (χ3n) is 3.86. The van der Waals surface area contributed by atoms with E-state index in [1.165, 1.54) is 0 Å². The first-order valence-corrected chi connectivity index (χ1v) is 7.85. The molecule has 5 nitrogen and oxygen atoms in total. The Labute approximate surface area is 144 Å². The van der Waals surface area contributed by atoms with E-state index in [1.807, 2.05) is 19.1 Å². The van der Waals surface area contributed by atoms with Crippen molar-refractivity contribution in [2.45, 2.75) is 13.3 Å². The van der Waals surface area contributed by atoms with E-state index in [2.05, 4.69) is 15.3 Å². The van der Waals surface area contributed by atoms with Crippen LogP contribution in [0.4, 0.5) is 0 Å². The standard InChI is InChI=1S/C18H16ClN3O2/c1-10-5-6-21-15(7-10)18(24)17-13(9-16(23)20-2)12-4-3-11(19)8-14(12)22-17/h3-8,22H,9H2,1-2H3,(H,20,23). The monoisotopic (exact) mass is 341 g/mol. The number of amides is 1. The van der Waals surface area contributed by atoms with Crippen LogP contribution in [0.15, 0.2) is 36.5 Å². The maximum atomic E-state index is 12.9. The highest BCUT2D eigenvalue weighted by molar-refractivity contribution is 6.31. The van der Waals surface area contributed by atoms with E-state index in [4.69, 9.17) is 11.6 Å². The largest absolute Gasteiger partial charge is 0.359 e. The Balaban J connectivity index is 2.16. The fraction of sp³-hybridized carbons (Fsp3) is 0.167. The molecule has 0 unspecified atom stereocenters. The normalized spacial score (nSPS) is 10.8. The number of H-pyrrole nitrogens is 1. The van der Waals surface area contributed by atoms with E-state index in [0.29, 0.717) is 22.0 Å². The Bertz CT molecular complexity index is 947. The van der Waals surface area contributed by atoms with Crippen molar-refractivity contribution in [1.82, 2.24) is 15.3 Å². The van der Waals surface area contributed by atoms with Gasteiger partial charge in [-0.1, -0.05) is 17.7 Å². The number of hydrogen-bond donors (Lipinski definition) is 2. The van der Waals surface area contributed by atoms with Gasteiger partial charge < -0.3 is 10.3 Å². The molecule has 6 heteroatoms. The van der Waals surface area contributed by atoms with Crippen molar-refractivity contribution >= 4 is 34.2 Å². The maximum Gasteiger partial charge on any atom is 0.227 e. The van der Waals surface area contributed by atoms with E-state index < -0.39 is 0 Å². The lowest BCUT2D eigenvalue weighted by Gasteiger charge is -2.04. The molecule has 3 rings (SSSR count). The summed E-state index contributed by atoms with van der Waals surface area (Å²) in [6, 6.07) is 8.85. The minimum Gasteiger partial charge on any atom is -0.359 e. The Morgan fingerprint density at radius 1 is 1.25 bits per heavy atom. The van der Waals surface area contributed by atoms with Crippen LogP contribution in [0.25, 0.3) is 10.9 Å². The number of ketones is 1. The average molecular weight is 342 g/mol. The molecule has 122 valence electrons. The van der Waals surface area contributed by atoms with Crippen LogP contribution in [0.5, 0.6) is 0 Å². The third-order valence-corrected chi connectivity index (χ3v) is 4.09. The summed E-state index contributed by atoms with van der Waals surface area (Å²) in [5.41, 5.74) is 3.02. The van der Waals surface area contributed by atoms with E-state index in [1.54, 1.807) is 31.4 Å². The van der Waals surface area contributed by atoms with Gasteiger partial charge in [0.2, 0.25) is 11.7 Å². The topological polar surface area (TPSA) is 74.8 Å². The number of aryl methyl sites for hydroxylation is 1. The van der Waals surface area contributed by atoms with Gasteiger partial charge in [0, 0.05) is 29.2 Å². The molecule has 0 saturated heterocycles. The second-order valence-electron chi connectivity index (χ2n) is 5.57. The fourth-order valence-corrected chi connectivity index (χ4v) is 2.81. The molecule has 0 saturated carbocycles. The number of fused-ring (bicyclic) bond motifs is 1. The number of benzene rings is 1. The molecule has 0 aliphatic heterocycles. The lowest BCUT2D eigenvalue weighted by molar-refractivity contribution is -0.119. The summed E-state index contributed by atoms with van der Waals surface area (Å²) < 4.78 is 0. The van der Waals surface area contributed by atoms with Gasteiger partial charge in [0.25, 0.3) is 0 Å². The Kier molecular flexibility index (Phi) is 4.36. The number of aromatic amines is 1. The van der Waals surface area contributed by atoms with Gasteiger partial charge in [-0.05, 0) is 42.3 Å². The van der Waals surface area contributed by atoms with Gasteiger partial charge in [-0.3, -0.25) is 14.6 Å². The first kappa shape index (κ1) is 16.2. The zero-order chi connectivity index (χ0) is 17.3. The highest BCUT2D eigenvalue weighted by Gasteiger charge is 2.21. The van der Waals surface area contributed by atoms with Crippen LogP contribution in [-0.4, -0.2) is 28.7 Å². The van der Waals surface area contributed by atoms with Crippen molar-refractivity contribution in [3.8, 4) is 0 Å². The fourth-order valence-electron chi connectivity index (χ4n) is 2.64. The Morgan fingerprint density at radius 2 is 2.04 bits per heavy atom. The second kappa shape index (κ2) is 6.45. The van der Waals surface area contributed by atoms with E-state index in [-0.39, 0.29) is 18.1 Å². The van der Waals surface area contributed by atoms with Crippen LogP contribution in [0.2, 0.25) is 5.02 Å². The highest BCUT2D eigenvalue weighted by atomic mass is 35.5. The lowest BCUT2D eigenvalue weighted by atomic mass is 10.0. The summed E-state index contributed by atoms with van der Waals surface area (Å²) in [6.07, 6.45) is 1.70. The first-order valence-electron chi connectivity index (χ1n) is 7.47. The molecule has 1 amide bonds. The minimum atomic E-state index is -0.245. The van der Waals surface area contributed by atoms with E-state index in [9.17, 15) is 9.59 Å². The minimum absolute atomic E-state index is 0.102. The molecule has 1 aromatic carbocycles. The number of carbonyl (C=O) groups is 2. The number of pyridine rings is 1. The number of nitrogens with one attached hydrogen (secondary N) is 2. The molecular formula is C18H16ClN3O2. The number of hydrogen-bond acceptors (Lipinski definition) is 3. The predicted molar refractivity (Wildman–Crippen MR) is 93.5 cm³/mol. The van der Waals surface area contributed by atoms with Crippen molar-refractivity contribution in [3.63, 3.8) is 0 Å². The maximum absolute atomic E-state index is 12.9. The molecule has 0 bridgehead atoms. The highest BCUT2D eigenvalue weighted by Crippen LogP contribution is 2.27. The lowest BCUT2D eigenvalue weighted by Crippen LogP contribution is -2.21. The van der Waals surface area contributed by atoms with Gasteiger partial charge in [-0.2, -0.15) is 0 Å². The molecule has 0 spiro atoms. The van der Waals surface area contributed by atoms with Crippen molar-refractivity contribution in [2.24, 2.45) is 0 Å². The van der Waals surface area contributed by atoms with Gasteiger partial charge in [0.1, 0.15) is 5.69 Å². The number of nitrogens with zero attached hydrogens (tertiary/aromatic N) is 1. The summed E-state index contributed by atoms with van der Waals surface area (Å²) in [5.74, 6) is -0.415. The van der Waals surface area contributed by atoms with E-state index >= 15 is 0 Å². The zero-order valence-corrected chi connectivity index (χ0v) is 14.1. The zero-order valence-electron chi connectivity index (χ0n) is 13.3. The summed E-state index contributed by atoms with van der Waals surface area (Å²) in [5, 5.41) is 3.95. The molecule has 0 atom stereocenters. The van der Waals surface area contributed by atoms with Crippen LogP contribution in [0.1, 0.15) is 27.3 Å². The van der Waals surface area contributed by atoms with Crippen molar-refractivity contribution < 1.29 is 9.59 Å². The SMILES string of the molecule is CNC(=O)Cc1c(C(=O)c2cc(C)ccn2)[nH]c2cc(Cl)ccc12. The molecular weight excluding hydrogens is 326 g/mol. The number of aromatic nitrogens is 2. The molecule has 2 heterocycles. The predicted octanol–water partition coefficient (Wildman–Crippen LogP) is 3.04. The van der Waals surface area contributed by atoms with Gasteiger partial charge in [-0.25, -0.2) is 0 Å². The van der Waals surface area contributed by atoms with Crippen molar-refractivity contribution in [2.75, 3.05) is 7.05 Å². The molecule has 0 aliphatic rings. The van der Waals surface area contributed by atoms with Crippen LogP contribution < -0.4 is 5.32 Å². The molecule has 2 aromatic heterocycles. The summed E-state index contributed by atoms with van der Waals surface area (Å²) in [4.78, 5) is 32.0. The smallest absolute Gasteiger partial charge is 0.227 e. The quantitative estimate of drug-likeness (QED) is 0.716. The van der Waals surface area contributed by atoms with Gasteiger partial charge in [-0.15, -0.1) is 0 Å². The second-order valence-corrected chi connectivity index (χ2v) is 6.00. The van der Waals surface area contributed by atoms with Crippen molar-refractivity contribution in [3.05, 3.63) is 64.1 Å². The van der Waals surface area contributed by atoms with Crippen LogP contribution in [0, 0.1) is 6.92 Å². The average Bonchev–Trinajstić information content (AvgIpc) is 2.91. The van der Waals surface area contributed by atoms with Crippen LogP contribution in [0.3, 0.4) is 0 Å². The number of carbonyl (C=O) groups excluding carboxylic acids is 2.